The summed E-state index contributed by atoms with van der Waals surface area (Å²) in [6.07, 6.45) is 7.20. The summed E-state index contributed by atoms with van der Waals surface area (Å²) in [7, 11) is 0. The lowest BCUT2D eigenvalue weighted by Crippen LogP contribution is -2.16. The second-order valence-electron chi connectivity index (χ2n) is 3.74. The lowest BCUT2D eigenvalue weighted by molar-refractivity contribution is -0.123. The molecule has 1 aliphatic rings. The van der Waals surface area contributed by atoms with Gasteiger partial charge in [-0.25, -0.2) is 0 Å². The van der Waals surface area contributed by atoms with Crippen LogP contribution in [0.4, 0.5) is 0 Å². The van der Waals surface area contributed by atoms with E-state index in [1.807, 2.05) is 0 Å². The standard InChI is InChI=1S/C11H18O/c1-3-4-11(12)10-7-5-9(2)6-8-10/h5,10H,3-4,6-8H2,1-2H3. The number of carbonyl (C=O) groups is 1. The highest BCUT2D eigenvalue weighted by Gasteiger charge is 2.18. The Labute approximate surface area is 74.9 Å². The van der Waals surface area contributed by atoms with Crippen LogP contribution in [0.5, 0.6) is 0 Å². The highest BCUT2D eigenvalue weighted by Crippen LogP contribution is 2.24. The third-order valence-electron chi connectivity index (χ3n) is 2.59. The summed E-state index contributed by atoms with van der Waals surface area (Å²) in [5.41, 5.74) is 1.45. The first-order valence-electron chi connectivity index (χ1n) is 4.92. The van der Waals surface area contributed by atoms with E-state index in [4.69, 9.17) is 0 Å². The SMILES string of the molecule is CCCC(=O)C1CC=C(C)CC1. The van der Waals surface area contributed by atoms with Crippen molar-refractivity contribution in [2.45, 2.75) is 46.0 Å². The van der Waals surface area contributed by atoms with E-state index in [-0.39, 0.29) is 0 Å². The highest BCUT2D eigenvalue weighted by molar-refractivity contribution is 5.81. The Kier molecular flexibility index (Phi) is 3.51. The van der Waals surface area contributed by atoms with Crippen LogP contribution in [0.25, 0.3) is 0 Å². The van der Waals surface area contributed by atoms with Gasteiger partial charge in [-0.3, -0.25) is 4.79 Å². The fourth-order valence-corrected chi connectivity index (χ4v) is 1.71. The molecule has 1 aliphatic carbocycles. The van der Waals surface area contributed by atoms with Crippen LogP contribution >= 0.6 is 0 Å². The number of Topliss-reactive ketones (excluding diaryl/α,β-unsaturated/α-hetero) is 1. The van der Waals surface area contributed by atoms with Crippen molar-refractivity contribution in [3.63, 3.8) is 0 Å². The molecule has 0 N–H and O–H groups in total. The number of allylic oxidation sites excluding steroid dienone is 2. The fraction of sp³-hybridized carbons (Fsp3) is 0.727. The summed E-state index contributed by atoms with van der Waals surface area (Å²) in [5, 5.41) is 0. The number of hydrogen-bond donors (Lipinski definition) is 0. The maximum absolute atomic E-state index is 11.5. The third-order valence-corrected chi connectivity index (χ3v) is 2.59. The van der Waals surface area contributed by atoms with Gasteiger partial charge in [0.1, 0.15) is 5.78 Å². The molecule has 1 rings (SSSR count). The van der Waals surface area contributed by atoms with Crippen LogP contribution in [0.15, 0.2) is 11.6 Å². The summed E-state index contributed by atoms with van der Waals surface area (Å²) in [6, 6.07) is 0. The van der Waals surface area contributed by atoms with Crippen LogP contribution in [0, 0.1) is 5.92 Å². The van der Waals surface area contributed by atoms with E-state index in [2.05, 4.69) is 19.9 Å². The number of hydrogen-bond acceptors (Lipinski definition) is 1. The van der Waals surface area contributed by atoms with Crippen molar-refractivity contribution in [2.75, 3.05) is 0 Å². The molecule has 1 nitrogen and oxygen atoms in total. The van der Waals surface area contributed by atoms with E-state index < -0.39 is 0 Å². The monoisotopic (exact) mass is 166 g/mol. The Morgan fingerprint density at radius 3 is 2.92 bits per heavy atom. The maximum Gasteiger partial charge on any atom is 0.136 e. The molecule has 1 heteroatoms. The van der Waals surface area contributed by atoms with Gasteiger partial charge in [-0.1, -0.05) is 18.6 Å². The molecule has 0 aromatic heterocycles. The predicted molar refractivity (Wildman–Crippen MR) is 51.0 cm³/mol. The van der Waals surface area contributed by atoms with Crippen LogP contribution < -0.4 is 0 Å². The van der Waals surface area contributed by atoms with Gasteiger partial charge >= 0.3 is 0 Å². The number of ketones is 1. The van der Waals surface area contributed by atoms with Crippen molar-refractivity contribution in [1.29, 1.82) is 0 Å². The quantitative estimate of drug-likeness (QED) is 0.589. The van der Waals surface area contributed by atoms with E-state index in [9.17, 15) is 4.79 Å². The van der Waals surface area contributed by atoms with Crippen LogP contribution in [-0.4, -0.2) is 5.78 Å². The van der Waals surface area contributed by atoms with Gasteiger partial charge in [0.25, 0.3) is 0 Å². The Bertz CT molecular complexity index is 191. The van der Waals surface area contributed by atoms with Crippen molar-refractivity contribution in [3.8, 4) is 0 Å². The van der Waals surface area contributed by atoms with Gasteiger partial charge in [-0.05, 0) is 32.6 Å². The van der Waals surface area contributed by atoms with Crippen LogP contribution in [0.3, 0.4) is 0 Å². The molecule has 0 heterocycles. The van der Waals surface area contributed by atoms with Crippen molar-refractivity contribution in [3.05, 3.63) is 11.6 Å². The minimum Gasteiger partial charge on any atom is -0.299 e. The van der Waals surface area contributed by atoms with E-state index in [1.54, 1.807) is 0 Å². The minimum absolute atomic E-state index is 0.341. The lowest BCUT2D eigenvalue weighted by Gasteiger charge is -2.18. The predicted octanol–water partition coefficient (Wildman–Crippen LogP) is 3.10. The first kappa shape index (κ1) is 9.50. The summed E-state index contributed by atoms with van der Waals surface area (Å²) >= 11 is 0. The Morgan fingerprint density at radius 1 is 1.67 bits per heavy atom. The second-order valence-corrected chi connectivity index (χ2v) is 3.74. The van der Waals surface area contributed by atoms with Gasteiger partial charge in [-0.2, -0.15) is 0 Å². The number of rotatable bonds is 3. The smallest absolute Gasteiger partial charge is 0.136 e. The molecule has 0 aliphatic heterocycles. The molecule has 0 fully saturated rings. The van der Waals surface area contributed by atoms with Crippen LogP contribution in [0.2, 0.25) is 0 Å². The molecule has 1 unspecified atom stereocenters. The molecule has 68 valence electrons. The Morgan fingerprint density at radius 2 is 2.42 bits per heavy atom. The van der Waals surface area contributed by atoms with Gasteiger partial charge in [0.2, 0.25) is 0 Å². The zero-order chi connectivity index (χ0) is 8.97. The van der Waals surface area contributed by atoms with Gasteiger partial charge < -0.3 is 0 Å². The Balaban J connectivity index is 2.40. The molecule has 12 heavy (non-hydrogen) atoms. The average Bonchev–Trinajstić information content (AvgIpc) is 2.06. The fourth-order valence-electron chi connectivity index (χ4n) is 1.71. The maximum atomic E-state index is 11.5. The van der Waals surface area contributed by atoms with Crippen LogP contribution in [0.1, 0.15) is 46.0 Å². The van der Waals surface area contributed by atoms with E-state index >= 15 is 0 Å². The van der Waals surface area contributed by atoms with Gasteiger partial charge in [0.15, 0.2) is 0 Å². The van der Waals surface area contributed by atoms with Crippen molar-refractivity contribution in [1.82, 2.24) is 0 Å². The summed E-state index contributed by atoms with van der Waals surface area (Å²) in [4.78, 5) is 11.5. The molecular weight excluding hydrogens is 148 g/mol. The zero-order valence-corrected chi connectivity index (χ0v) is 8.10. The first-order chi connectivity index (χ1) is 5.74. The number of carbonyl (C=O) groups excluding carboxylic acids is 1. The lowest BCUT2D eigenvalue weighted by atomic mass is 9.86. The molecule has 0 aromatic carbocycles. The van der Waals surface area contributed by atoms with Gasteiger partial charge in [-0.15, -0.1) is 0 Å². The summed E-state index contributed by atoms with van der Waals surface area (Å²) in [5.74, 6) is 0.815. The molecule has 0 saturated heterocycles. The molecule has 0 radical (unpaired) electrons. The largest absolute Gasteiger partial charge is 0.299 e. The average molecular weight is 166 g/mol. The molecule has 1 atom stereocenters. The molecule has 0 amide bonds. The van der Waals surface area contributed by atoms with Gasteiger partial charge in [0.05, 0.1) is 0 Å². The zero-order valence-electron chi connectivity index (χ0n) is 8.10. The molecule has 0 aromatic rings. The van der Waals surface area contributed by atoms with Crippen LogP contribution in [-0.2, 0) is 4.79 Å². The van der Waals surface area contributed by atoms with Crippen molar-refractivity contribution < 1.29 is 4.79 Å². The Hall–Kier alpha value is -0.590. The summed E-state index contributed by atoms with van der Waals surface area (Å²) in [6.45, 7) is 4.22. The molecule has 0 bridgehead atoms. The normalized spacial score (nSPS) is 23.5. The van der Waals surface area contributed by atoms with Crippen molar-refractivity contribution >= 4 is 5.78 Å². The van der Waals surface area contributed by atoms with E-state index in [0.717, 1.165) is 32.1 Å². The summed E-state index contributed by atoms with van der Waals surface area (Å²) < 4.78 is 0. The van der Waals surface area contributed by atoms with E-state index in [1.165, 1.54) is 5.57 Å². The molecule has 0 saturated carbocycles. The van der Waals surface area contributed by atoms with E-state index in [0.29, 0.717) is 11.7 Å². The molecule has 0 spiro atoms. The second kappa shape index (κ2) is 4.44. The first-order valence-corrected chi connectivity index (χ1v) is 4.92. The highest BCUT2D eigenvalue weighted by atomic mass is 16.1. The van der Waals surface area contributed by atoms with Gasteiger partial charge in [0, 0.05) is 12.3 Å². The topological polar surface area (TPSA) is 17.1 Å². The third kappa shape index (κ3) is 2.47. The van der Waals surface area contributed by atoms with Crippen molar-refractivity contribution in [2.24, 2.45) is 5.92 Å². The minimum atomic E-state index is 0.341. The molecular formula is C11H18O.